The first-order chi connectivity index (χ1) is 15.9. The van der Waals surface area contributed by atoms with Gasteiger partial charge in [-0.15, -0.1) is 0 Å². The number of ether oxygens (including phenoxy) is 2. The van der Waals surface area contributed by atoms with Crippen molar-refractivity contribution in [2.24, 2.45) is 5.92 Å². The van der Waals surface area contributed by atoms with E-state index in [1.807, 2.05) is 51.1 Å². The average Bonchev–Trinajstić information content (AvgIpc) is 2.83. The van der Waals surface area contributed by atoms with Crippen molar-refractivity contribution in [3.63, 3.8) is 0 Å². The summed E-state index contributed by atoms with van der Waals surface area (Å²) in [7, 11) is 0. The summed E-state index contributed by atoms with van der Waals surface area (Å²) in [6.07, 6.45) is 1.63. The molecule has 1 fully saturated rings. The zero-order valence-corrected chi connectivity index (χ0v) is 19.7. The number of nitrogens with one attached hydrogen (secondary N) is 3. The average molecular weight is 454 g/mol. The largest absolute Gasteiger partial charge is 0.494 e. The van der Waals surface area contributed by atoms with Crippen LogP contribution in [0.15, 0.2) is 54.6 Å². The topological polar surface area (TPSA) is 88.7 Å². The highest BCUT2D eigenvalue weighted by Crippen LogP contribution is 2.35. The molecule has 7 nitrogen and oxygen atoms in total. The van der Waals surface area contributed by atoms with Crippen LogP contribution in [-0.4, -0.2) is 44.3 Å². The molecule has 33 heavy (non-hydrogen) atoms. The molecular formula is C26H35N3O4. The molecule has 2 aromatic carbocycles. The summed E-state index contributed by atoms with van der Waals surface area (Å²) >= 11 is 0. The minimum atomic E-state index is -0.647. The van der Waals surface area contributed by atoms with Crippen LogP contribution in [0.4, 0.5) is 10.5 Å². The van der Waals surface area contributed by atoms with Crippen LogP contribution in [0.5, 0.6) is 5.75 Å². The van der Waals surface area contributed by atoms with Crippen molar-refractivity contribution < 1.29 is 19.1 Å². The molecule has 1 saturated heterocycles. The predicted octanol–water partition coefficient (Wildman–Crippen LogP) is 4.10. The van der Waals surface area contributed by atoms with E-state index in [0.717, 1.165) is 24.2 Å². The van der Waals surface area contributed by atoms with Crippen LogP contribution in [-0.2, 0) is 14.9 Å². The third kappa shape index (κ3) is 6.71. The lowest BCUT2D eigenvalue weighted by molar-refractivity contribution is -0.124. The van der Waals surface area contributed by atoms with E-state index in [4.69, 9.17) is 9.47 Å². The Balaban J connectivity index is 1.66. The van der Waals surface area contributed by atoms with Crippen LogP contribution >= 0.6 is 0 Å². The van der Waals surface area contributed by atoms with Gasteiger partial charge in [0.05, 0.1) is 6.61 Å². The molecule has 0 aromatic heterocycles. The quantitative estimate of drug-likeness (QED) is 0.533. The van der Waals surface area contributed by atoms with Gasteiger partial charge in [-0.2, -0.15) is 0 Å². The fourth-order valence-electron chi connectivity index (χ4n) is 4.13. The second-order valence-corrected chi connectivity index (χ2v) is 8.75. The maximum Gasteiger partial charge on any atom is 0.319 e. The van der Waals surface area contributed by atoms with Gasteiger partial charge in [0.2, 0.25) is 5.91 Å². The molecule has 0 saturated carbocycles. The summed E-state index contributed by atoms with van der Waals surface area (Å²) in [5.41, 5.74) is 1.62. The number of rotatable bonds is 9. The number of para-hydroxylation sites is 1. The summed E-state index contributed by atoms with van der Waals surface area (Å²) in [5.74, 6) is 0.577. The molecule has 0 radical (unpaired) electrons. The fraction of sp³-hybridized carbons (Fsp3) is 0.462. The zero-order valence-electron chi connectivity index (χ0n) is 19.7. The predicted molar refractivity (Wildman–Crippen MR) is 130 cm³/mol. The highest BCUT2D eigenvalue weighted by Gasteiger charge is 2.36. The first-order valence-corrected chi connectivity index (χ1v) is 11.6. The van der Waals surface area contributed by atoms with Crippen LogP contribution in [0.1, 0.15) is 39.2 Å². The molecule has 0 bridgehead atoms. The zero-order chi connectivity index (χ0) is 23.7. The molecule has 1 heterocycles. The van der Waals surface area contributed by atoms with Crippen molar-refractivity contribution in [2.45, 2.75) is 45.1 Å². The van der Waals surface area contributed by atoms with E-state index in [1.165, 1.54) is 0 Å². The summed E-state index contributed by atoms with van der Waals surface area (Å²) < 4.78 is 11.2. The van der Waals surface area contributed by atoms with E-state index < -0.39 is 12.1 Å². The lowest BCUT2D eigenvalue weighted by Gasteiger charge is -2.38. The van der Waals surface area contributed by atoms with E-state index in [9.17, 15) is 9.59 Å². The highest BCUT2D eigenvalue weighted by molar-refractivity contribution is 5.93. The van der Waals surface area contributed by atoms with E-state index >= 15 is 0 Å². The Labute approximate surface area is 196 Å². The van der Waals surface area contributed by atoms with Gasteiger partial charge in [-0.25, -0.2) is 4.79 Å². The van der Waals surface area contributed by atoms with E-state index in [-0.39, 0.29) is 17.2 Å². The van der Waals surface area contributed by atoms with Crippen LogP contribution in [0.2, 0.25) is 0 Å². The molecular weight excluding hydrogens is 418 g/mol. The molecule has 7 heteroatoms. The first-order valence-electron chi connectivity index (χ1n) is 11.6. The Morgan fingerprint density at radius 1 is 1.03 bits per heavy atom. The van der Waals surface area contributed by atoms with Crippen LogP contribution < -0.4 is 20.7 Å². The van der Waals surface area contributed by atoms with Gasteiger partial charge in [-0.3, -0.25) is 4.79 Å². The second kappa shape index (κ2) is 11.7. The van der Waals surface area contributed by atoms with Crippen molar-refractivity contribution in [2.75, 3.05) is 31.7 Å². The summed E-state index contributed by atoms with van der Waals surface area (Å²) in [6, 6.07) is 16.2. The molecule has 1 aliphatic heterocycles. The van der Waals surface area contributed by atoms with Gasteiger partial charge in [0, 0.05) is 30.9 Å². The number of hydrogen-bond donors (Lipinski definition) is 3. The van der Waals surface area contributed by atoms with Gasteiger partial charge in [0.25, 0.3) is 0 Å². The fourth-order valence-corrected chi connectivity index (χ4v) is 4.13. The Morgan fingerprint density at radius 3 is 2.30 bits per heavy atom. The van der Waals surface area contributed by atoms with Crippen molar-refractivity contribution in [1.82, 2.24) is 10.6 Å². The lowest BCUT2D eigenvalue weighted by Crippen LogP contribution is -2.54. The van der Waals surface area contributed by atoms with Gasteiger partial charge in [-0.1, -0.05) is 44.2 Å². The third-order valence-electron chi connectivity index (χ3n) is 6.10. The van der Waals surface area contributed by atoms with Crippen molar-refractivity contribution >= 4 is 17.6 Å². The summed E-state index contributed by atoms with van der Waals surface area (Å²) in [5, 5.41) is 8.71. The van der Waals surface area contributed by atoms with Crippen LogP contribution in [0.3, 0.4) is 0 Å². The second-order valence-electron chi connectivity index (χ2n) is 8.75. The number of benzene rings is 2. The van der Waals surface area contributed by atoms with Gasteiger partial charge in [-0.05, 0) is 55.5 Å². The normalized spacial score (nSPS) is 16.0. The maximum atomic E-state index is 13.1. The number of anilines is 1. The Kier molecular flexibility index (Phi) is 8.72. The first kappa shape index (κ1) is 24.6. The molecule has 3 rings (SSSR count). The SMILES string of the molecule is CCOc1ccc(C2(CNC(=O)C(NC(=O)Nc3ccccc3)C(C)C)CCOCC2)cc1. The number of urea groups is 1. The van der Waals surface area contributed by atoms with Crippen LogP contribution in [0.25, 0.3) is 0 Å². The monoisotopic (exact) mass is 453 g/mol. The van der Waals surface area contributed by atoms with E-state index in [2.05, 4.69) is 28.1 Å². The van der Waals surface area contributed by atoms with Gasteiger partial charge in [0.15, 0.2) is 0 Å². The number of amides is 3. The molecule has 1 unspecified atom stereocenters. The molecule has 178 valence electrons. The van der Waals surface area contributed by atoms with Crippen molar-refractivity contribution in [1.29, 1.82) is 0 Å². The van der Waals surface area contributed by atoms with Gasteiger partial charge in [0.1, 0.15) is 11.8 Å². The van der Waals surface area contributed by atoms with Crippen molar-refractivity contribution in [3.8, 4) is 5.75 Å². The van der Waals surface area contributed by atoms with Gasteiger partial charge < -0.3 is 25.4 Å². The molecule has 3 N–H and O–H groups in total. The smallest absolute Gasteiger partial charge is 0.319 e. The Morgan fingerprint density at radius 2 is 1.70 bits per heavy atom. The van der Waals surface area contributed by atoms with E-state index in [0.29, 0.717) is 32.1 Å². The summed E-state index contributed by atoms with van der Waals surface area (Å²) in [6.45, 7) is 8.20. The molecule has 3 amide bonds. The highest BCUT2D eigenvalue weighted by atomic mass is 16.5. The lowest BCUT2D eigenvalue weighted by atomic mass is 9.74. The summed E-state index contributed by atoms with van der Waals surface area (Å²) in [4.78, 5) is 25.6. The third-order valence-corrected chi connectivity index (χ3v) is 6.10. The molecule has 1 aliphatic rings. The van der Waals surface area contributed by atoms with E-state index in [1.54, 1.807) is 12.1 Å². The molecule has 2 aromatic rings. The van der Waals surface area contributed by atoms with Gasteiger partial charge >= 0.3 is 6.03 Å². The molecule has 1 atom stereocenters. The Bertz CT molecular complexity index is 894. The standard InChI is InChI=1S/C26H35N3O4/c1-4-33-22-12-10-20(11-13-22)26(14-16-32-17-15-26)18-27-24(30)23(19(2)3)29-25(31)28-21-8-6-5-7-9-21/h5-13,19,23H,4,14-18H2,1-3H3,(H,27,30)(H2,28,29,31). The molecule has 0 aliphatic carbocycles. The minimum Gasteiger partial charge on any atom is -0.494 e. The number of carbonyl (C=O) groups excluding carboxylic acids is 2. The molecule has 0 spiro atoms. The van der Waals surface area contributed by atoms with Crippen LogP contribution in [0, 0.1) is 5.92 Å². The van der Waals surface area contributed by atoms with Crippen molar-refractivity contribution in [3.05, 3.63) is 60.2 Å². The number of carbonyl (C=O) groups is 2. The Hall–Kier alpha value is -3.06. The number of hydrogen-bond acceptors (Lipinski definition) is 4. The maximum absolute atomic E-state index is 13.1. The minimum absolute atomic E-state index is 0.0670.